The Morgan fingerprint density at radius 1 is 1.53 bits per heavy atom. The summed E-state index contributed by atoms with van der Waals surface area (Å²) in [5.74, 6) is 2.40. The van der Waals surface area contributed by atoms with Crippen LogP contribution >= 0.6 is 11.8 Å². The van der Waals surface area contributed by atoms with Crippen LogP contribution in [0.25, 0.3) is 0 Å². The second-order valence-corrected chi connectivity index (χ2v) is 7.13. The summed E-state index contributed by atoms with van der Waals surface area (Å²) in [5.41, 5.74) is 0.180. The Balaban J connectivity index is 1.89. The van der Waals surface area contributed by atoms with E-state index >= 15 is 0 Å². The molecule has 0 aliphatic carbocycles. The lowest BCUT2D eigenvalue weighted by Crippen LogP contribution is -2.53. The summed E-state index contributed by atoms with van der Waals surface area (Å²) in [4.78, 5) is 0. The third-order valence-corrected chi connectivity index (χ3v) is 5.11. The normalized spacial score (nSPS) is 34.4. The molecule has 17 heavy (non-hydrogen) atoms. The highest BCUT2D eigenvalue weighted by molar-refractivity contribution is 7.99. The zero-order valence-corrected chi connectivity index (χ0v) is 11.8. The smallest absolute Gasteiger partial charge is 0.0795 e. The van der Waals surface area contributed by atoms with Crippen LogP contribution in [0.5, 0.6) is 0 Å². The van der Waals surface area contributed by atoms with Crippen molar-refractivity contribution >= 4 is 11.8 Å². The van der Waals surface area contributed by atoms with Crippen LogP contribution in [0, 0.1) is 0 Å². The van der Waals surface area contributed by atoms with Gasteiger partial charge < -0.3 is 15.2 Å². The molecule has 0 aromatic rings. The van der Waals surface area contributed by atoms with Crippen molar-refractivity contribution in [1.82, 2.24) is 5.32 Å². The molecule has 0 aromatic carbocycles. The molecule has 2 unspecified atom stereocenters. The zero-order chi connectivity index (χ0) is 12.4. The van der Waals surface area contributed by atoms with Gasteiger partial charge in [0.2, 0.25) is 0 Å². The van der Waals surface area contributed by atoms with Gasteiger partial charge in [0.05, 0.1) is 5.60 Å². The lowest BCUT2D eigenvalue weighted by atomic mass is 9.88. The van der Waals surface area contributed by atoms with Gasteiger partial charge in [-0.15, -0.1) is 0 Å². The maximum absolute atomic E-state index is 9.07. The summed E-state index contributed by atoms with van der Waals surface area (Å²) in [5, 5.41) is 12.8. The first kappa shape index (κ1) is 13.7. The van der Waals surface area contributed by atoms with E-state index in [1.807, 2.05) is 11.8 Å². The minimum atomic E-state index is 0.0314. The van der Waals surface area contributed by atoms with Crippen LogP contribution in [0.3, 0.4) is 0 Å². The Kier molecular flexibility index (Phi) is 4.40. The van der Waals surface area contributed by atoms with Crippen molar-refractivity contribution in [2.75, 3.05) is 24.7 Å². The molecule has 0 amide bonds. The van der Waals surface area contributed by atoms with Gasteiger partial charge in [0, 0.05) is 30.5 Å². The molecule has 100 valence electrons. The zero-order valence-electron chi connectivity index (χ0n) is 11.0. The van der Waals surface area contributed by atoms with Gasteiger partial charge in [-0.3, -0.25) is 0 Å². The van der Waals surface area contributed by atoms with E-state index in [0.29, 0.717) is 6.04 Å². The van der Waals surface area contributed by atoms with Gasteiger partial charge in [-0.25, -0.2) is 0 Å². The van der Waals surface area contributed by atoms with Crippen LogP contribution in [-0.2, 0) is 4.74 Å². The Morgan fingerprint density at radius 2 is 2.35 bits per heavy atom. The molecule has 2 rings (SSSR count). The molecule has 0 bridgehead atoms. The molecule has 2 fully saturated rings. The lowest BCUT2D eigenvalue weighted by molar-refractivity contribution is -0.0733. The number of aliphatic hydroxyl groups excluding tert-OH is 1. The fraction of sp³-hybridized carbons (Fsp3) is 1.00. The maximum atomic E-state index is 9.07. The van der Waals surface area contributed by atoms with Crippen LogP contribution in [0.2, 0.25) is 0 Å². The first-order valence-corrected chi connectivity index (χ1v) is 7.81. The SMILES string of the molecule is CC(C)(CCO)NC1CCOC2(CCSC2)C1. The average molecular weight is 259 g/mol. The first-order valence-electron chi connectivity index (χ1n) is 6.66. The second-order valence-electron chi connectivity index (χ2n) is 6.03. The topological polar surface area (TPSA) is 41.5 Å². The van der Waals surface area contributed by atoms with E-state index in [-0.39, 0.29) is 17.7 Å². The number of thioether (sulfide) groups is 1. The highest BCUT2D eigenvalue weighted by Crippen LogP contribution is 2.38. The standard InChI is InChI=1S/C13H25NO2S/c1-12(2,4-6-15)14-11-3-7-16-13(9-11)5-8-17-10-13/h11,14-15H,3-10H2,1-2H3. The van der Waals surface area contributed by atoms with E-state index in [1.165, 1.54) is 12.2 Å². The molecule has 0 saturated carbocycles. The lowest BCUT2D eigenvalue weighted by Gasteiger charge is -2.41. The molecule has 3 nitrogen and oxygen atoms in total. The molecule has 2 heterocycles. The Bertz CT molecular complexity index is 252. The largest absolute Gasteiger partial charge is 0.396 e. The molecule has 2 N–H and O–H groups in total. The highest BCUT2D eigenvalue weighted by Gasteiger charge is 2.41. The van der Waals surface area contributed by atoms with Crippen molar-refractivity contribution in [2.45, 2.75) is 56.7 Å². The molecule has 4 heteroatoms. The maximum Gasteiger partial charge on any atom is 0.0795 e. The van der Waals surface area contributed by atoms with Crippen molar-refractivity contribution in [1.29, 1.82) is 0 Å². The number of hydrogen-bond acceptors (Lipinski definition) is 4. The quantitative estimate of drug-likeness (QED) is 0.808. The number of nitrogens with one attached hydrogen (secondary N) is 1. The van der Waals surface area contributed by atoms with Gasteiger partial charge in [0.15, 0.2) is 0 Å². The van der Waals surface area contributed by atoms with Crippen LogP contribution < -0.4 is 5.32 Å². The van der Waals surface area contributed by atoms with E-state index in [2.05, 4.69) is 19.2 Å². The van der Waals surface area contributed by atoms with E-state index in [1.54, 1.807) is 0 Å². The molecule has 1 spiro atoms. The molecular weight excluding hydrogens is 234 g/mol. The third-order valence-electron chi connectivity index (χ3n) is 3.89. The molecule has 2 aliphatic rings. The number of aliphatic hydroxyl groups is 1. The van der Waals surface area contributed by atoms with Gasteiger partial charge in [-0.05, 0) is 45.3 Å². The molecule has 2 saturated heterocycles. The Labute approximate surface area is 109 Å². The summed E-state index contributed by atoms with van der Waals surface area (Å²) >= 11 is 2.02. The van der Waals surface area contributed by atoms with Crippen LogP contribution in [0.1, 0.15) is 39.5 Å². The summed E-state index contributed by atoms with van der Waals surface area (Å²) in [6.07, 6.45) is 4.25. The summed E-state index contributed by atoms with van der Waals surface area (Å²) in [6.45, 7) is 5.49. The van der Waals surface area contributed by atoms with Gasteiger partial charge >= 0.3 is 0 Å². The van der Waals surface area contributed by atoms with Gasteiger partial charge in [0.25, 0.3) is 0 Å². The van der Waals surface area contributed by atoms with Crippen LogP contribution in [0.15, 0.2) is 0 Å². The minimum absolute atomic E-state index is 0.0314. The third kappa shape index (κ3) is 3.60. The number of rotatable bonds is 4. The van der Waals surface area contributed by atoms with Gasteiger partial charge in [-0.1, -0.05) is 0 Å². The molecule has 2 aliphatic heterocycles. The van der Waals surface area contributed by atoms with Crippen LogP contribution in [0.4, 0.5) is 0 Å². The molecule has 0 aromatic heterocycles. The first-order chi connectivity index (χ1) is 8.05. The van der Waals surface area contributed by atoms with Gasteiger partial charge in [0.1, 0.15) is 0 Å². The minimum Gasteiger partial charge on any atom is -0.396 e. The number of ether oxygens (including phenoxy) is 1. The molecular formula is C13H25NO2S. The van der Waals surface area contributed by atoms with Crippen LogP contribution in [-0.4, -0.2) is 47.0 Å². The van der Waals surface area contributed by atoms with E-state index in [4.69, 9.17) is 9.84 Å². The van der Waals surface area contributed by atoms with E-state index in [0.717, 1.165) is 31.6 Å². The Hall–Kier alpha value is 0.230. The fourth-order valence-corrected chi connectivity index (χ4v) is 4.30. The van der Waals surface area contributed by atoms with Crippen molar-refractivity contribution in [3.63, 3.8) is 0 Å². The summed E-state index contributed by atoms with van der Waals surface area (Å²) < 4.78 is 6.02. The van der Waals surface area contributed by atoms with Gasteiger partial charge in [-0.2, -0.15) is 11.8 Å². The highest BCUT2D eigenvalue weighted by atomic mass is 32.2. The summed E-state index contributed by atoms with van der Waals surface area (Å²) in [7, 11) is 0. The predicted molar refractivity (Wildman–Crippen MR) is 72.6 cm³/mol. The second kappa shape index (κ2) is 5.47. The fourth-order valence-electron chi connectivity index (χ4n) is 2.92. The molecule has 2 atom stereocenters. The monoisotopic (exact) mass is 259 g/mol. The summed E-state index contributed by atoms with van der Waals surface area (Å²) in [6, 6.07) is 0.545. The van der Waals surface area contributed by atoms with Crippen molar-refractivity contribution in [2.24, 2.45) is 0 Å². The number of hydrogen-bond donors (Lipinski definition) is 2. The van der Waals surface area contributed by atoms with Crippen molar-refractivity contribution in [3.8, 4) is 0 Å². The predicted octanol–water partition coefficient (Wildman–Crippen LogP) is 1.79. The molecule has 0 radical (unpaired) electrons. The Morgan fingerprint density at radius 3 is 3.00 bits per heavy atom. The average Bonchev–Trinajstić information content (AvgIpc) is 2.65. The van der Waals surface area contributed by atoms with E-state index < -0.39 is 0 Å². The van der Waals surface area contributed by atoms with Crippen molar-refractivity contribution in [3.05, 3.63) is 0 Å². The van der Waals surface area contributed by atoms with E-state index in [9.17, 15) is 0 Å². The van der Waals surface area contributed by atoms with Crippen molar-refractivity contribution < 1.29 is 9.84 Å².